The number of carbonyl (C=O) groups excluding carboxylic acids is 1. The molecular formula is C21H18F2N6O2. The number of aromatic nitrogens is 5. The molecule has 0 saturated carbocycles. The van der Waals surface area contributed by atoms with E-state index in [0.717, 1.165) is 16.3 Å². The fourth-order valence-electron chi connectivity index (χ4n) is 3.10. The third-order valence-electron chi connectivity index (χ3n) is 4.70. The number of benzene rings is 1. The quantitative estimate of drug-likeness (QED) is 0.531. The van der Waals surface area contributed by atoms with Gasteiger partial charge in [-0.15, -0.1) is 5.10 Å². The molecule has 0 bridgehead atoms. The molecule has 10 heteroatoms. The van der Waals surface area contributed by atoms with Gasteiger partial charge in [0, 0.05) is 41.0 Å². The van der Waals surface area contributed by atoms with Crippen molar-refractivity contribution in [2.24, 2.45) is 0 Å². The molecule has 158 valence electrons. The van der Waals surface area contributed by atoms with E-state index in [-0.39, 0.29) is 35.2 Å². The fraction of sp³-hybridized carbons (Fsp3) is 0.190. The van der Waals surface area contributed by atoms with Crippen LogP contribution < -0.4 is 10.9 Å². The second-order valence-electron chi connectivity index (χ2n) is 7.08. The number of nitrogens with zero attached hydrogens (tertiary/aromatic N) is 5. The van der Waals surface area contributed by atoms with Gasteiger partial charge in [0.2, 0.25) is 11.7 Å². The van der Waals surface area contributed by atoms with E-state index in [2.05, 4.69) is 20.4 Å². The lowest BCUT2D eigenvalue weighted by Crippen LogP contribution is -2.25. The van der Waals surface area contributed by atoms with E-state index in [1.54, 1.807) is 19.1 Å². The summed E-state index contributed by atoms with van der Waals surface area (Å²) in [5.41, 5.74) is 1.74. The van der Waals surface area contributed by atoms with Crippen molar-refractivity contribution in [2.45, 2.75) is 26.8 Å². The highest BCUT2D eigenvalue weighted by atomic mass is 19.3. The number of hydrogen-bond donors (Lipinski definition) is 1. The van der Waals surface area contributed by atoms with Gasteiger partial charge in [-0.25, -0.2) is 8.78 Å². The van der Waals surface area contributed by atoms with Gasteiger partial charge in [0.15, 0.2) is 5.82 Å². The van der Waals surface area contributed by atoms with Crippen LogP contribution in [0.4, 0.5) is 14.5 Å². The summed E-state index contributed by atoms with van der Waals surface area (Å²) in [6.45, 7) is 3.51. The maximum absolute atomic E-state index is 13.0. The SMILES string of the molecule is Cc1ccc(NC(=O)Cn2c(C)cc(=O)n3nc(-c4cncc(C(F)F)c4)nc23)cc1. The minimum atomic E-state index is -2.70. The van der Waals surface area contributed by atoms with Crippen molar-refractivity contribution in [1.82, 2.24) is 24.1 Å². The molecule has 3 aromatic heterocycles. The summed E-state index contributed by atoms with van der Waals surface area (Å²) < 4.78 is 28.6. The minimum absolute atomic E-state index is 0.0605. The molecule has 1 aromatic carbocycles. The molecule has 0 spiro atoms. The second kappa shape index (κ2) is 8.05. The number of pyridine rings is 1. The predicted molar refractivity (Wildman–Crippen MR) is 110 cm³/mol. The van der Waals surface area contributed by atoms with Crippen LogP contribution in [0.25, 0.3) is 17.2 Å². The molecule has 0 aliphatic carbocycles. The zero-order chi connectivity index (χ0) is 22.1. The molecule has 3 heterocycles. The minimum Gasteiger partial charge on any atom is -0.325 e. The summed E-state index contributed by atoms with van der Waals surface area (Å²) in [5, 5.41) is 6.94. The predicted octanol–water partition coefficient (Wildman–Crippen LogP) is 3.15. The van der Waals surface area contributed by atoms with Crippen LogP contribution in [-0.4, -0.2) is 30.1 Å². The van der Waals surface area contributed by atoms with Crippen molar-refractivity contribution in [1.29, 1.82) is 0 Å². The largest absolute Gasteiger partial charge is 0.325 e. The number of hydrogen-bond acceptors (Lipinski definition) is 5. The Morgan fingerprint density at radius 1 is 1.13 bits per heavy atom. The van der Waals surface area contributed by atoms with Crippen molar-refractivity contribution >= 4 is 17.4 Å². The molecule has 4 rings (SSSR count). The topological polar surface area (TPSA) is 94.2 Å². The highest BCUT2D eigenvalue weighted by Gasteiger charge is 2.17. The van der Waals surface area contributed by atoms with Gasteiger partial charge in [0.05, 0.1) is 0 Å². The lowest BCUT2D eigenvalue weighted by Gasteiger charge is -2.11. The third kappa shape index (κ3) is 4.18. The Balaban J connectivity index is 1.70. The lowest BCUT2D eigenvalue weighted by atomic mass is 10.2. The number of anilines is 1. The van der Waals surface area contributed by atoms with Gasteiger partial charge in [-0.3, -0.25) is 14.6 Å². The molecule has 0 fully saturated rings. The van der Waals surface area contributed by atoms with E-state index in [1.807, 2.05) is 19.1 Å². The summed E-state index contributed by atoms with van der Waals surface area (Å²) in [6, 6.07) is 9.89. The van der Waals surface area contributed by atoms with Gasteiger partial charge in [-0.1, -0.05) is 17.7 Å². The molecule has 31 heavy (non-hydrogen) atoms. The first kappa shape index (κ1) is 20.3. The Morgan fingerprint density at radius 3 is 2.58 bits per heavy atom. The van der Waals surface area contributed by atoms with Crippen LogP contribution in [0.15, 0.2) is 53.6 Å². The van der Waals surface area contributed by atoms with Crippen LogP contribution in [0.2, 0.25) is 0 Å². The van der Waals surface area contributed by atoms with Crippen LogP contribution >= 0.6 is 0 Å². The Hall–Kier alpha value is -3.95. The van der Waals surface area contributed by atoms with Crippen LogP contribution in [0, 0.1) is 13.8 Å². The van der Waals surface area contributed by atoms with Crippen molar-refractivity contribution in [3.8, 4) is 11.4 Å². The number of carbonyl (C=O) groups is 1. The number of alkyl halides is 2. The van der Waals surface area contributed by atoms with E-state index in [4.69, 9.17) is 0 Å². The molecular weight excluding hydrogens is 406 g/mol. The van der Waals surface area contributed by atoms with Crippen molar-refractivity contribution in [3.63, 3.8) is 0 Å². The van der Waals surface area contributed by atoms with Gasteiger partial charge in [-0.05, 0) is 32.0 Å². The molecule has 8 nitrogen and oxygen atoms in total. The average molecular weight is 424 g/mol. The Morgan fingerprint density at radius 2 is 1.87 bits per heavy atom. The van der Waals surface area contributed by atoms with Crippen molar-refractivity contribution < 1.29 is 13.6 Å². The third-order valence-corrected chi connectivity index (χ3v) is 4.70. The van der Waals surface area contributed by atoms with Crippen molar-refractivity contribution in [2.75, 3.05) is 5.32 Å². The van der Waals surface area contributed by atoms with E-state index < -0.39 is 12.0 Å². The van der Waals surface area contributed by atoms with Gasteiger partial charge >= 0.3 is 0 Å². The van der Waals surface area contributed by atoms with Crippen LogP contribution in [0.5, 0.6) is 0 Å². The maximum atomic E-state index is 13.0. The molecule has 0 radical (unpaired) electrons. The summed E-state index contributed by atoms with van der Waals surface area (Å²) in [5.74, 6) is -0.129. The molecule has 1 amide bonds. The molecule has 0 atom stereocenters. The lowest BCUT2D eigenvalue weighted by molar-refractivity contribution is -0.116. The number of nitrogens with one attached hydrogen (secondary N) is 1. The van der Waals surface area contributed by atoms with E-state index in [9.17, 15) is 18.4 Å². The fourth-order valence-corrected chi connectivity index (χ4v) is 3.10. The average Bonchev–Trinajstić information content (AvgIpc) is 3.19. The number of aryl methyl sites for hydroxylation is 2. The smallest absolute Gasteiger partial charge is 0.275 e. The summed E-state index contributed by atoms with van der Waals surface area (Å²) in [4.78, 5) is 33.1. The van der Waals surface area contributed by atoms with Crippen LogP contribution in [0.3, 0.4) is 0 Å². The maximum Gasteiger partial charge on any atom is 0.275 e. The standard InChI is InChI=1S/C21H18F2N6O2/c1-12-3-5-16(6-4-12)25-17(30)11-28-13(2)7-18(31)29-21(28)26-20(27-29)15-8-14(19(22)23)9-24-10-15/h3-10,19H,11H2,1-2H3,(H,25,30). The van der Waals surface area contributed by atoms with E-state index >= 15 is 0 Å². The van der Waals surface area contributed by atoms with Gasteiger partial charge < -0.3 is 9.88 Å². The molecule has 0 aliphatic heterocycles. The Labute approximate surface area is 175 Å². The summed E-state index contributed by atoms with van der Waals surface area (Å²) in [7, 11) is 0. The first-order chi connectivity index (χ1) is 14.8. The number of fused-ring (bicyclic) bond motifs is 1. The first-order valence-corrected chi connectivity index (χ1v) is 9.39. The zero-order valence-corrected chi connectivity index (χ0v) is 16.7. The summed E-state index contributed by atoms with van der Waals surface area (Å²) in [6.07, 6.45) is -0.299. The molecule has 0 saturated heterocycles. The van der Waals surface area contributed by atoms with Crippen molar-refractivity contribution in [3.05, 3.63) is 76.0 Å². The van der Waals surface area contributed by atoms with Gasteiger partial charge in [0.25, 0.3) is 12.0 Å². The van der Waals surface area contributed by atoms with Crippen LogP contribution in [-0.2, 0) is 11.3 Å². The Bertz CT molecular complexity index is 1330. The normalized spacial score (nSPS) is 11.3. The molecule has 0 unspecified atom stereocenters. The monoisotopic (exact) mass is 424 g/mol. The Kier molecular flexibility index (Phi) is 5.28. The molecule has 4 aromatic rings. The molecule has 1 N–H and O–H groups in total. The number of rotatable bonds is 5. The van der Waals surface area contributed by atoms with Gasteiger partial charge in [0.1, 0.15) is 6.54 Å². The molecule has 0 aliphatic rings. The van der Waals surface area contributed by atoms with Gasteiger partial charge in [-0.2, -0.15) is 9.50 Å². The van der Waals surface area contributed by atoms with Crippen LogP contribution in [0.1, 0.15) is 23.2 Å². The first-order valence-electron chi connectivity index (χ1n) is 9.39. The zero-order valence-electron chi connectivity index (χ0n) is 16.7. The highest BCUT2D eigenvalue weighted by Crippen LogP contribution is 2.23. The number of amides is 1. The van der Waals surface area contributed by atoms with E-state index in [0.29, 0.717) is 11.4 Å². The number of halogens is 2. The van der Waals surface area contributed by atoms with E-state index in [1.165, 1.54) is 22.9 Å². The summed E-state index contributed by atoms with van der Waals surface area (Å²) >= 11 is 0. The highest BCUT2D eigenvalue weighted by molar-refractivity contribution is 5.90. The second-order valence-corrected chi connectivity index (χ2v) is 7.08.